The molecule has 0 nitrogen and oxygen atoms in total. The first-order valence-electron chi connectivity index (χ1n) is 5.34. The largest absolute Gasteiger partial charge is 0.160 e. The van der Waals surface area contributed by atoms with Crippen molar-refractivity contribution in [2.45, 2.75) is 9.65 Å². The Morgan fingerprint density at radius 2 is 1.00 bits per heavy atom. The van der Waals surface area contributed by atoms with Crippen LogP contribution in [-0.4, -0.2) is 54.8 Å². The molecule has 0 fully saturated rings. The molecule has 2 atom stereocenters. The van der Waals surface area contributed by atoms with Gasteiger partial charge in [0.05, 0.1) is 0 Å². The molecule has 0 aliphatic carbocycles. The third kappa shape index (κ3) is 15.2. The minimum atomic E-state index is 0.645. The molecule has 7 heteroatoms. The quantitative estimate of drug-likeness (QED) is 0.231. The van der Waals surface area contributed by atoms with Crippen molar-refractivity contribution in [2.75, 3.05) is 45.2 Å². The first kappa shape index (κ1) is 20.0. The first-order chi connectivity index (χ1) is 8.20. The van der Waals surface area contributed by atoms with Crippen LogP contribution in [0.3, 0.4) is 0 Å². The smallest absolute Gasteiger partial charge is 0.0326 e. The highest BCUT2D eigenvalue weighted by Crippen LogP contribution is 2.20. The van der Waals surface area contributed by atoms with Gasteiger partial charge in [0.25, 0.3) is 0 Å². The van der Waals surface area contributed by atoms with Gasteiger partial charge in [0, 0.05) is 54.8 Å². The van der Waals surface area contributed by atoms with Gasteiger partial charge in [0.1, 0.15) is 0 Å². The number of alkyl halides is 4. The fourth-order valence-electron chi connectivity index (χ4n) is 0.952. The average Bonchev–Trinajstić information content (AvgIpc) is 2.30. The maximum Gasteiger partial charge on any atom is 0.0326 e. The van der Waals surface area contributed by atoms with Gasteiger partial charge in [-0.25, -0.2) is 0 Å². The third-order valence-corrected chi connectivity index (χ3v) is 10.0. The van der Waals surface area contributed by atoms with Crippen molar-refractivity contribution in [2.24, 2.45) is 0 Å². The van der Waals surface area contributed by atoms with E-state index < -0.39 is 0 Å². The van der Waals surface area contributed by atoms with Gasteiger partial charge in [-0.05, 0) is 0 Å². The molecule has 0 rings (SSSR count). The summed E-state index contributed by atoms with van der Waals surface area (Å²) in [6, 6.07) is 0. The van der Waals surface area contributed by atoms with E-state index in [1.54, 1.807) is 0 Å². The first-order valence-corrected chi connectivity index (χ1v) is 12.9. The average molecular weight is 554 g/mol. The Hall–Kier alpha value is 2.97. The molecule has 0 radical (unpaired) electrons. The number of hydrogen-bond donors (Lipinski definition) is 0. The molecule has 0 aliphatic rings. The van der Waals surface area contributed by atoms with Crippen LogP contribution in [0.4, 0.5) is 0 Å². The van der Waals surface area contributed by atoms with Crippen molar-refractivity contribution in [1.29, 1.82) is 0 Å². The molecular weight excluding hydrogens is 536 g/mol. The summed E-state index contributed by atoms with van der Waals surface area (Å²) in [5, 5.41) is 2.19. The Bertz CT molecular complexity index is 146. The monoisotopic (exact) mass is 550 g/mol. The van der Waals surface area contributed by atoms with Crippen molar-refractivity contribution < 1.29 is 0 Å². The lowest BCUT2D eigenvalue weighted by atomic mass is 10.6. The maximum absolute atomic E-state index is 3.74. The van der Waals surface area contributed by atoms with Gasteiger partial charge in [-0.3, -0.25) is 0 Å². The zero-order valence-electron chi connectivity index (χ0n) is 9.55. The van der Waals surface area contributed by atoms with Gasteiger partial charge >= 0.3 is 0 Å². The molecule has 0 aromatic rings. The lowest BCUT2D eigenvalue weighted by Gasteiger charge is -2.11. The molecule has 0 aliphatic heterocycles. The predicted molar refractivity (Wildman–Crippen MR) is 105 cm³/mol. The van der Waals surface area contributed by atoms with Crippen molar-refractivity contribution in [3.8, 4) is 0 Å². The maximum atomic E-state index is 3.74. The molecule has 0 saturated heterocycles. The van der Waals surface area contributed by atoms with Crippen molar-refractivity contribution >= 4 is 99.0 Å². The van der Waals surface area contributed by atoms with Crippen LogP contribution >= 0.6 is 99.0 Å². The summed E-state index contributed by atoms with van der Waals surface area (Å²) in [5.74, 6) is 7.25. The lowest BCUT2D eigenvalue weighted by Crippen LogP contribution is -2.11. The molecule has 0 heterocycles. The summed E-state index contributed by atoms with van der Waals surface area (Å²) in [5.41, 5.74) is 0. The fourth-order valence-corrected chi connectivity index (χ4v) is 7.05. The molecule has 104 valence electrons. The second-order valence-corrected chi connectivity index (χ2v) is 10.8. The summed E-state index contributed by atoms with van der Waals surface area (Å²) >= 11 is 20.4. The van der Waals surface area contributed by atoms with Crippen molar-refractivity contribution in [3.05, 3.63) is 0 Å². The zero-order valence-corrected chi connectivity index (χ0v) is 18.3. The van der Waals surface area contributed by atoms with Crippen LogP contribution < -0.4 is 0 Å². The van der Waals surface area contributed by atoms with Crippen LogP contribution in [0.5, 0.6) is 0 Å². The van der Waals surface area contributed by atoms with Crippen LogP contribution in [0.2, 0.25) is 0 Å². The highest BCUT2D eigenvalue weighted by molar-refractivity contribution is 9.10. The van der Waals surface area contributed by atoms with E-state index >= 15 is 0 Å². The Morgan fingerprint density at radius 3 is 1.35 bits per heavy atom. The van der Waals surface area contributed by atoms with Gasteiger partial charge in [-0.2, -0.15) is 35.3 Å². The molecule has 17 heavy (non-hydrogen) atoms. The molecule has 0 N–H and O–H groups in total. The van der Waals surface area contributed by atoms with E-state index in [9.17, 15) is 0 Å². The van der Waals surface area contributed by atoms with E-state index in [1.165, 1.54) is 34.5 Å². The minimum absolute atomic E-state index is 0.645. The molecule has 0 aromatic carbocycles. The highest BCUT2D eigenvalue weighted by atomic mass is 79.9. The number of hydrogen-bond acceptors (Lipinski definition) is 3. The topological polar surface area (TPSA) is 0 Å². The number of rotatable bonds is 12. The number of halogens is 4. The minimum Gasteiger partial charge on any atom is -0.160 e. The van der Waals surface area contributed by atoms with Gasteiger partial charge in [-0.15, -0.1) is 0 Å². The summed E-state index contributed by atoms with van der Waals surface area (Å²) in [7, 11) is 0. The van der Waals surface area contributed by atoms with E-state index in [1.807, 2.05) is 35.3 Å². The van der Waals surface area contributed by atoms with Crippen LogP contribution in [0.25, 0.3) is 0 Å². The summed E-state index contributed by atoms with van der Waals surface area (Å²) < 4.78 is 0. The Balaban J connectivity index is 3.29. The Morgan fingerprint density at radius 1 is 0.647 bits per heavy atom. The molecule has 0 bridgehead atoms. The molecule has 0 aromatic heterocycles. The second-order valence-electron chi connectivity index (χ2n) is 3.26. The van der Waals surface area contributed by atoms with Gasteiger partial charge in [0.2, 0.25) is 0 Å². The van der Waals surface area contributed by atoms with E-state index in [0.717, 1.165) is 10.7 Å². The number of thioether (sulfide) groups is 3. The zero-order chi connectivity index (χ0) is 12.9. The molecule has 0 amide bonds. The van der Waals surface area contributed by atoms with E-state index in [2.05, 4.69) is 63.7 Å². The highest BCUT2D eigenvalue weighted by Gasteiger charge is 2.08. The van der Waals surface area contributed by atoms with Crippen molar-refractivity contribution in [1.82, 2.24) is 0 Å². The van der Waals surface area contributed by atoms with E-state index in [4.69, 9.17) is 0 Å². The third-order valence-electron chi connectivity index (χ3n) is 1.64. The van der Waals surface area contributed by atoms with Crippen LogP contribution in [0.15, 0.2) is 0 Å². The van der Waals surface area contributed by atoms with Crippen molar-refractivity contribution in [3.63, 3.8) is 0 Å². The van der Waals surface area contributed by atoms with E-state index in [0.29, 0.717) is 9.65 Å². The summed E-state index contributed by atoms with van der Waals surface area (Å²) in [6.45, 7) is 0. The normalized spacial score (nSPS) is 14.8. The molecular formula is C10H18Br4S3. The molecule has 0 spiro atoms. The second kappa shape index (κ2) is 15.4. The SMILES string of the molecule is BrCCSCC(Br)CSCC(Br)CSCCBr. The Kier molecular flexibility index (Phi) is 18.0. The summed E-state index contributed by atoms with van der Waals surface area (Å²) in [4.78, 5) is 1.29. The van der Waals surface area contributed by atoms with Gasteiger partial charge < -0.3 is 0 Å². The fraction of sp³-hybridized carbons (Fsp3) is 1.00. The molecule has 2 unspecified atom stereocenters. The van der Waals surface area contributed by atoms with Crippen LogP contribution in [0, 0.1) is 0 Å². The standard InChI is InChI=1S/C10H18Br4S3/c11-1-3-15-5-9(13)7-17-8-10(14)6-16-4-2-12/h9-10H,1-8H2. The summed E-state index contributed by atoms with van der Waals surface area (Å²) in [6.07, 6.45) is 0. The van der Waals surface area contributed by atoms with Gasteiger partial charge in [-0.1, -0.05) is 63.7 Å². The lowest BCUT2D eigenvalue weighted by molar-refractivity contribution is 1.14. The van der Waals surface area contributed by atoms with Crippen LogP contribution in [-0.2, 0) is 0 Å². The van der Waals surface area contributed by atoms with Gasteiger partial charge in [0.15, 0.2) is 0 Å². The predicted octanol–water partition coefficient (Wildman–Crippen LogP) is 5.50. The molecule has 0 saturated carbocycles. The van der Waals surface area contributed by atoms with E-state index in [-0.39, 0.29) is 0 Å². The van der Waals surface area contributed by atoms with Crippen LogP contribution in [0.1, 0.15) is 0 Å². The Labute approximate surface area is 152 Å².